The monoisotopic (exact) mass is 370 g/mol. The van der Waals surface area contributed by atoms with Gasteiger partial charge in [-0.05, 0) is 27.7 Å². The van der Waals surface area contributed by atoms with Crippen molar-refractivity contribution in [1.82, 2.24) is 10.2 Å². The molecule has 1 aliphatic heterocycles. The number of ether oxygens (including phenoxy) is 1. The Labute approximate surface area is 128 Å². The topological polar surface area (TPSA) is 62.9 Å². The van der Waals surface area contributed by atoms with Crippen LogP contribution >= 0.6 is 24.0 Å². The van der Waals surface area contributed by atoms with Crippen LogP contribution in [0.2, 0.25) is 0 Å². The second-order valence-electron chi connectivity index (χ2n) is 5.41. The molecule has 0 atom stereocenters. The van der Waals surface area contributed by atoms with Crippen molar-refractivity contribution in [2.24, 2.45) is 10.7 Å². The normalized spacial score (nSPS) is 18.6. The molecular weight excluding hydrogens is 343 g/mol. The van der Waals surface area contributed by atoms with Gasteiger partial charge in [0.15, 0.2) is 5.96 Å². The summed E-state index contributed by atoms with van der Waals surface area (Å²) in [5.74, 6) is 0.529. The van der Waals surface area contributed by atoms with Gasteiger partial charge < -0.3 is 15.8 Å². The highest BCUT2D eigenvalue weighted by atomic mass is 127. The molecule has 0 aliphatic carbocycles. The molecule has 0 aromatic heterocycles. The molecule has 18 heavy (non-hydrogen) atoms. The molecule has 1 rings (SSSR count). The second kappa shape index (κ2) is 8.16. The number of hydrogen-bond donors (Lipinski definition) is 2. The van der Waals surface area contributed by atoms with E-state index < -0.39 is 0 Å². The van der Waals surface area contributed by atoms with Crippen LogP contribution in [-0.4, -0.2) is 55.3 Å². The Bertz CT molecular complexity index is 263. The molecule has 0 unspecified atom stereocenters. The molecule has 5 nitrogen and oxygen atoms in total. The standard InChI is InChI=1S/C12H26N4O.HI/c1-10(2)15-11(13)14-9-12(3,4)16-5-7-17-8-6-16;/h10H,5-9H2,1-4H3,(H3,13,14,15);1H. The fourth-order valence-corrected chi connectivity index (χ4v) is 1.89. The summed E-state index contributed by atoms with van der Waals surface area (Å²) in [5.41, 5.74) is 5.84. The number of nitrogens with two attached hydrogens (primary N) is 1. The van der Waals surface area contributed by atoms with Gasteiger partial charge in [0.05, 0.1) is 19.8 Å². The summed E-state index contributed by atoms with van der Waals surface area (Å²) in [6.45, 7) is 12.8. The van der Waals surface area contributed by atoms with E-state index in [0.717, 1.165) is 26.3 Å². The van der Waals surface area contributed by atoms with Gasteiger partial charge in [0.25, 0.3) is 0 Å². The first-order valence-electron chi connectivity index (χ1n) is 6.31. The molecule has 1 fully saturated rings. The quantitative estimate of drug-likeness (QED) is 0.441. The van der Waals surface area contributed by atoms with Gasteiger partial charge in [0.2, 0.25) is 0 Å². The lowest BCUT2D eigenvalue weighted by Crippen LogP contribution is -2.52. The number of nitrogens with one attached hydrogen (secondary N) is 1. The van der Waals surface area contributed by atoms with Crippen molar-refractivity contribution in [2.45, 2.75) is 39.3 Å². The van der Waals surface area contributed by atoms with Crippen molar-refractivity contribution >= 4 is 29.9 Å². The molecule has 6 heteroatoms. The minimum atomic E-state index is 0. The average Bonchev–Trinajstić information content (AvgIpc) is 2.27. The van der Waals surface area contributed by atoms with Crippen LogP contribution in [-0.2, 0) is 4.74 Å². The van der Waals surface area contributed by atoms with E-state index in [-0.39, 0.29) is 29.5 Å². The van der Waals surface area contributed by atoms with E-state index in [2.05, 4.69) is 42.9 Å². The van der Waals surface area contributed by atoms with Crippen LogP contribution in [0.4, 0.5) is 0 Å². The predicted molar refractivity (Wildman–Crippen MR) is 86.6 cm³/mol. The third-order valence-corrected chi connectivity index (χ3v) is 2.94. The van der Waals surface area contributed by atoms with Gasteiger partial charge in [-0.2, -0.15) is 0 Å². The lowest BCUT2D eigenvalue weighted by atomic mass is 10.0. The van der Waals surface area contributed by atoms with E-state index in [1.54, 1.807) is 0 Å². The molecular formula is C12H27IN4O. The zero-order valence-electron chi connectivity index (χ0n) is 11.9. The highest BCUT2D eigenvalue weighted by Gasteiger charge is 2.27. The Kier molecular flexibility index (Phi) is 8.13. The summed E-state index contributed by atoms with van der Waals surface area (Å²) < 4.78 is 5.36. The summed E-state index contributed by atoms with van der Waals surface area (Å²) in [7, 11) is 0. The maximum atomic E-state index is 5.81. The average molecular weight is 370 g/mol. The highest BCUT2D eigenvalue weighted by molar-refractivity contribution is 14.0. The van der Waals surface area contributed by atoms with Crippen LogP contribution in [0.5, 0.6) is 0 Å². The second-order valence-corrected chi connectivity index (χ2v) is 5.41. The maximum absolute atomic E-state index is 5.81. The SMILES string of the molecule is CC(C)NC(N)=NCC(C)(C)N1CCOCC1.I. The molecule has 0 spiro atoms. The van der Waals surface area contributed by atoms with Crippen LogP contribution in [0.1, 0.15) is 27.7 Å². The van der Waals surface area contributed by atoms with Gasteiger partial charge in [-0.3, -0.25) is 9.89 Å². The van der Waals surface area contributed by atoms with Crippen molar-refractivity contribution in [1.29, 1.82) is 0 Å². The Balaban J connectivity index is 0.00000289. The first kappa shape index (κ1) is 17.9. The molecule has 0 amide bonds. The van der Waals surface area contributed by atoms with Gasteiger partial charge in [-0.1, -0.05) is 0 Å². The minimum Gasteiger partial charge on any atom is -0.379 e. The Morgan fingerprint density at radius 2 is 1.94 bits per heavy atom. The van der Waals surface area contributed by atoms with Gasteiger partial charge in [0.1, 0.15) is 0 Å². The summed E-state index contributed by atoms with van der Waals surface area (Å²) >= 11 is 0. The van der Waals surface area contributed by atoms with E-state index in [4.69, 9.17) is 10.5 Å². The van der Waals surface area contributed by atoms with E-state index >= 15 is 0 Å². The van der Waals surface area contributed by atoms with Gasteiger partial charge in [0, 0.05) is 24.7 Å². The summed E-state index contributed by atoms with van der Waals surface area (Å²) in [6, 6.07) is 0.324. The smallest absolute Gasteiger partial charge is 0.188 e. The molecule has 1 saturated heterocycles. The van der Waals surface area contributed by atoms with Crippen molar-refractivity contribution in [3.63, 3.8) is 0 Å². The van der Waals surface area contributed by atoms with E-state index in [9.17, 15) is 0 Å². The summed E-state index contributed by atoms with van der Waals surface area (Å²) in [5, 5.41) is 3.10. The fourth-order valence-electron chi connectivity index (χ4n) is 1.89. The van der Waals surface area contributed by atoms with Crippen molar-refractivity contribution < 1.29 is 4.74 Å². The third kappa shape index (κ3) is 6.19. The number of halogens is 1. The molecule has 0 saturated carbocycles. The van der Waals surface area contributed by atoms with Gasteiger partial charge in [-0.15, -0.1) is 24.0 Å². The van der Waals surface area contributed by atoms with Crippen LogP contribution in [0.3, 0.4) is 0 Å². The Morgan fingerprint density at radius 3 is 2.44 bits per heavy atom. The molecule has 0 bridgehead atoms. The number of guanidine groups is 1. The molecule has 1 aliphatic rings. The molecule has 0 aromatic carbocycles. The van der Waals surface area contributed by atoms with Crippen molar-refractivity contribution in [2.75, 3.05) is 32.8 Å². The zero-order chi connectivity index (χ0) is 12.9. The number of hydrogen-bond acceptors (Lipinski definition) is 3. The lowest BCUT2D eigenvalue weighted by molar-refractivity contribution is -0.00682. The van der Waals surface area contributed by atoms with Crippen LogP contribution in [0.15, 0.2) is 4.99 Å². The number of rotatable bonds is 4. The number of morpholine rings is 1. The van der Waals surface area contributed by atoms with Gasteiger partial charge in [-0.25, -0.2) is 0 Å². The third-order valence-electron chi connectivity index (χ3n) is 2.94. The maximum Gasteiger partial charge on any atom is 0.188 e. The minimum absolute atomic E-state index is 0. The molecule has 3 N–H and O–H groups in total. The first-order valence-corrected chi connectivity index (χ1v) is 6.31. The summed E-state index contributed by atoms with van der Waals surface area (Å²) in [4.78, 5) is 6.82. The highest BCUT2D eigenvalue weighted by Crippen LogP contribution is 2.16. The molecule has 1 heterocycles. The lowest BCUT2D eigenvalue weighted by Gasteiger charge is -2.39. The summed E-state index contributed by atoms with van der Waals surface area (Å²) in [6.07, 6.45) is 0. The molecule has 108 valence electrons. The van der Waals surface area contributed by atoms with E-state index in [1.165, 1.54) is 0 Å². The van der Waals surface area contributed by atoms with Gasteiger partial charge >= 0.3 is 0 Å². The van der Waals surface area contributed by atoms with Crippen LogP contribution in [0.25, 0.3) is 0 Å². The van der Waals surface area contributed by atoms with Crippen LogP contribution < -0.4 is 11.1 Å². The molecule has 0 aromatic rings. The zero-order valence-corrected chi connectivity index (χ0v) is 14.2. The predicted octanol–water partition coefficient (Wildman–Crippen LogP) is 1.03. The molecule has 0 radical (unpaired) electrons. The fraction of sp³-hybridized carbons (Fsp3) is 0.917. The largest absolute Gasteiger partial charge is 0.379 e. The van der Waals surface area contributed by atoms with E-state index in [0.29, 0.717) is 18.5 Å². The number of aliphatic imine (C=N–C) groups is 1. The van der Waals surface area contributed by atoms with Crippen molar-refractivity contribution in [3.05, 3.63) is 0 Å². The van der Waals surface area contributed by atoms with Crippen molar-refractivity contribution in [3.8, 4) is 0 Å². The van der Waals surface area contributed by atoms with E-state index in [1.807, 2.05) is 0 Å². The number of nitrogens with zero attached hydrogens (tertiary/aromatic N) is 2. The Hall–Kier alpha value is -0.0800. The first-order chi connectivity index (χ1) is 7.92. The van der Waals surface area contributed by atoms with Crippen LogP contribution in [0, 0.1) is 0 Å². The Morgan fingerprint density at radius 1 is 1.39 bits per heavy atom.